The maximum absolute atomic E-state index is 8.91. The molecule has 0 saturated heterocycles. The molecule has 0 heterocycles. The van der Waals surface area contributed by atoms with E-state index in [9.17, 15) is 0 Å². The van der Waals surface area contributed by atoms with E-state index in [4.69, 9.17) is 5.11 Å². The van der Waals surface area contributed by atoms with Gasteiger partial charge in [-0.05, 0) is 0 Å². The van der Waals surface area contributed by atoms with Gasteiger partial charge in [-0.15, -0.1) is 0 Å². The Bertz CT molecular complexity index is 57.1. The molecule has 0 aliphatic heterocycles. The molecule has 1 fully saturated rings. The third-order valence-corrected chi connectivity index (χ3v) is 2.72. The number of aliphatic hydroxyl groups is 1. The van der Waals surface area contributed by atoms with E-state index in [1.807, 2.05) is 0 Å². The summed E-state index contributed by atoms with van der Waals surface area (Å²) in [4.78, 5) is 0. The molecule has 0 radical (unpaired) electrons. The van der Waals surface area contributed by atoms with Gasteiger partial charge in [0.2, 0.25) is 0 Å². The van der Waals surface area contributed by atoms with Gasteiger partial charge in [0.25, 0.3) is 0 Å². The Kier molecular flexibility index (Phi) is 1.77. The van der Waals surface area contributed by atoms with Crippen LogP contribution in [0.2, 0.25) is 4.71 Å². The summed E-state index contributed by atoms with van der Waals surface area (Å²) in [6.45, 7) is 0. The summed E-state index contributed by atoms with van der Waals surface area (Å²) in [5.41, 5.74) is 0. The Labute approximate surface area is 52.6 Å². The zero-order chi connectivity index (χ0) is 5.28. The van der Waals surface area contributed by atoms with Crippen LogP contribution in [0.4, 0.5) is 0 Å². The van der Waals surface area contributed by atoms with Crippen LogP contribution in [0.5, 0.6) is 0 Å². The van der Waals surface area contributed by atoms with Crippen LogP contribution in [0.3, 0.4) is 0 Å². The topological polar surface area (TPSA) is 20.2 Å². The average molecular weight is 162 g/mol. The molecule has 2 heteroatoms. The molecule has 1 aliphatic carbocycles. The molecular weight excluding hydrogens is 151 g/mol. The Morgan fingerprint density at radius 3 is 2.29 bits per heavy atom. The minimum absolute atomic E-state index is 0.0388. The third kappa shape index (κ3) is 1.47. The number of aliphatic hydroxyl groups excluding tert-OH is 1. The van der Waals surface area contributed by atoms with E-state index in [1.165, 1.54) is 6.42 Å². The van der Waals surface area contributed by atoms with Crippen molar-refractivity contribution in [2.24, 2.45) is 0 Å². The zero-order valence-corrected chi connectivity index (χ0v) is 6.72. The maximum atomic E-state index is 8.91. The van der Waals surface area contributed by atoms with Crippen LogP contribution in [-0.4, -0.2) is 28.1 Å². The molecule has 1 aliphatic rings. The molecule has 0 aromatic carbocycles. The van der Waals surface area contributed by atoms with Crippen molar-refractivity contribution < 1.29 is 5.11 Å². The molecule has 1 nitrogen and oxygen atoms in total. The van der Waals surface area contributed by atoms with Crippen LogP contribution in [-0.2, 0) is 0 Å². The van der Waals surface area contributed by atoms with Crippen molar-refractivity contribution in [2.45, 2.75) is 30.1 Å². The molecule has 7 heavy (non-hydrogen) atoms. The molecule has 0 spiro atoms. The van der Waals surface area contributed by atoms with Crippen molar-refractivity contribution in [2.75, 3.05) is 0 Å². The van der Waals surface area contributed by atoms with Gasteiger partial charge in [0.1, 0.15) is 0 Å². The van der Waals surface area contributed by atoms with Crippen molar-refractivity contribution in [1.82, 2.24) is 0 Å². The van der Waals surface area contributed by atoms with Gasteiger partial charge in [-0.25, -0.2) is 0 Å². The second kappa shape index (κ2) is 2.19. The fourth-order valence-electron chi connectivity index (χ4n) is 0.992. The Hall–Kier alpha value is 0.518. The van der Waals surface area contributed by atoms with E-state index in [-0.39, 0.29) is 6.10 Å². The second-order valence-corrected chi connectivity index (χ2v) is 4.21. The fourth-order valence-corrected chi connectivity index (χ4v) is 2.05. The molecular formula is C5H11AsO. The minimum atomic E-state index is 0.0388. The van der Waals surface area contributed by atoms with E-state index in [1.54, 1.807) is 16.9 Å². The van der Waals surface area contributed by atoms with Crippen LogP contribution in [0.25, 0.3) is 0 Å². The van der Waals surface area contributed by atoms with Crippen LogP contribution >= 0.6 is 0 Å². The molecule has 0 aromatic heterocycles. The van der Waals surface area contributed by atoms with E-state index in [0.717, 1.165) is 17.5 Å². The third-order valence-electron chi connectivity index (χ3n) is 1.45. The first kappa shape index (κ1) is 5.65. The summed E-state index contributed by atoms with van der Waals surface area (Å²) in [6.07, 6.45) is 3.39. The first-order valence-electron chi connectivity index (χ1n) is 2.72. The first-order valence-corrected chi connectivity index (χ1v) is 4.12. The summed E-state index contributed by atoms with van der Waals surface area (Å²) < 4.78 is 0.836. The number of hydrogen-bond donors (Lipinski definition) is 1. The number of hydrogen-bond acceptors (Lipinski definition) is 1. The molecule has 0 aromatic rings. The zero-order valence-electron chi connectivity index (χ0n) is 4.30. The predicted molar refractivity (Wildman–Crippen MR) is 32.2 cm³/mol. The second-order valence-electron chi connectivity index (χ2n) is 2.23. The Morgan fingerprint density at radius 1 is 1.43 bits per heavy atom. The molecule has 0 bridgehead atoms. The predicted octanol–water partition coefficient (Wildman–Crippen LogP) is -0.0472. The summed E-state index contributed by atoms with van der Waals surface area (Å²) in [5.74, 6) is 0. The Morgan fingerprint density at radius 2 is 2.14 bits per heavy atom. The quantitative estimate of drug-likeness (QED) is 0.495. The van der Waals surface area contributed by atoms with Gasteiger partial charge in [-0.2, -0.15) is 0 Å². The normalized spacial score (nSPS) is 42.0. The summed E-state index contributed by atoms with van der Waals surface area (Å²) in [7, 11) is 0. The molecule has 42 valence electrons. The van der Waals surface area contributed by atoms with Gasteiger partial charge in [0.05, 0.1) is 0 Å². The van der Waals surface area contributed by atoms with E-state index in [0.29, 0.717) is 0 Å². The van der Waals surface area contributed by atoms with Crippen LogP contribution in [0.15, 0.2) is 0 Å². The van der Waals surface area contributed by atoms with Gasteiger partial charge in [-0.3, -0.25) is 0 Å². The molecule has 0 amide bonds. The monoisotopic (exact) mass is 162 g/mol. The molecule has 1 N–H and O–H groups in total. The number of rotatable bonds is 0. The van der Waals surface area contributed by atoms with Crippen molar-refractivity contribution >= 4 is 16.9 Å². The van der Waals surface area contributed by atoms with Gasteiger partial charge in [-0.1, -0.05) is 0 Å². The van der Waals surface area contributed by atoms with Gasteiger partial charge in [0, 0.05) is 0 Å². The van der Waals surface area contributed by atoms with Crippen LogP contribution in [0.1, 0.15) is 19.3 Å². The molecule has 3 atom stereocenters. The van der Waals surface area contributed by atoms with Crippen LogP contribution in [0, 0.1) is 0 Å². The molecule has 3 unspecified atom stereocenters. The average Bonchev–Trinajstić information content (AvgIpc) is 1.87. The van der Waals surface area contributed by atoms with E-state index in [2.05, 4.69) is 0 Å². The first-order chi connectivity index (χ1) is 3.29. The standard InChI is InChI=1S/C5H11AsO/c6-4-1-2-5(7)3-4/h4-5,7H,1-3,6H2. The summed E-state index contributed by atoms with van der Waals surface area (Å²) >= 11 is 1.78. The van der Waals surface area contributed by atoms with Crippen molar-refractivity contribution in [3.8, 4) is 0 Å². The summed E-state index contributed by atoms with van der Waals surface area (Å²) in [5, 5.41) is 8.91. The van der Waals surface area contributed by atoms with Gasteiger partial charge < -0.3 is 0 Å². The van der Waals surface area contributed by atoms with E-state index < -0.39 is 0 Å². The Balaban J connectivity index is 2.26. The van der Waals surface area contributed by atoms with Crippen molar-refractivity contribution in [3.05, 3.63) is 0 Å². The molecule has 1 saturated carbocycles. The van der Waals surface area contributed by atoms with Crippen molar-refractivity contribution in [3.63, 3.8) is 0 Å². The van der Waals surface area contributed by atoms with Crippen LogP contribution < -0.4 is 0 Å². The SMILES string of the molecule is OC1CCC([AsH2])C1. The fraction of sp³-hybridized carbons (Fsp3) is 1.00. The summed E-state index contributed by atoms with van der Waals surface area (Å²) in [6, 6.07) is 0. The molecule has 1 rings (SSSR count). The van der Waals surface area contributed by atoms with Gasteiger partial charge >= 0.3 is 52.0 Å². The van der Waals surface area contributed by atoms with E-state index >= 15 is 0 Å². The van der Waals surface area contributed by atoms with Gasteiger partial charge in [0.15, 0.2) is 0 Å². The van der Waals surface area contributed by atoms with Crippen molar-refractivity contribution in [1.29, 1.82) is 0 Å².